The molecular weight excluding hydrogens is 468 g/mol. The van der Waals surface area contributed by atoms with Crippen molar-refractivity contribution in [1.82, 2.24) is 14.9 Å². The van der Waals surface area contributed by atoms with E-state index >= 15 is 0 Å². The maximum Gasteiger partial charge on any atom is 0.264 e. The lowest BCUT2D eigenvalue weighted by Gasteiger charge is -2.20. The van der Waals surface area contributed by atoms with Crippen LogP contribution in [0.5, 0.6) is 0 Å². The number of hydrogen-bond acceptors (Lipinski definition) is 5. The van der Waals surface area contributed by atoms with Crippen LogP contribution < -0.4 is 9.62 Å². The zero-order valence-corrected chi connectivity index (χ0v) is 20.4. The van der Waals surface area contributed by atoms with Crippen molar-refractivity contribution in [3.05, 3.63) is 103 Å². The fourth-order valence-electron chi connectivity index (χ4n) is 3.35. The van der Waals surface area contributed by atoms with Crippen molar-refractivity contribution in [3.8, 4) is 5.69 Å². The second-order valence-electron chi connectivity index (χ2n) is 7.51. The molecule has 0 unspecified atom stereocenters. The number of aromatic nitrogens is 2. The van der Waals surface area contributed by atoms with E-state index in [9.17, 15) is 13.2 Å². The first-order chi connectivity index (χ1) is 16.4. The molecule has 0 saturated heterocycles. The number of carbonyl (C=O) groups is 1. The first-order valence-electron chi connectivity index (χ1n) is 10.5. The van der Waals surface area contributed by atoms with Gasteiger partial charge in [-0.1, -0.05) is 12.1 Å². The molecular formula is C25H24N4O3S2. The molecule has 1 amide bonds. The smallest absolute Gasteiger partial charge is 0.264 e. The molecule has 0 atom stereocenters. The molecule has 9 heteroatoms. The van der Waals surface area contributed by atoms with Crippen LogP contribution in [0.3, 0.4) is 0 Å². The summed E-state index contributed by atoms with van der Waals surface area (Å²) >= 11 is 1.55. The monoisotopic (exact) mass is 492 g/mol. The first kappa shape index (κ1) is 23.6. The highest BCUT2D eigenvalue weighted by Gasteiger charge is 2.21. The van der Waals surface area contributed by atoms with Crippen LogP contribution in [-0.4, -0.2) is 37.2 Å². The van der Waals surface area contributed by atoms with E-state index in [4.69, 9.17) is 0 Å². The summed E-state index contributed by atoms with van der Waals surface area (Å²) in [4.78, 5) is 17.8. The van der Waals surface area contributed by atoms with Gasteiger partial charge in [0, 0.05) is 42.1 Å². The Morgan fingerprint density at radius 1 is 1.00 bits per heavy atom. The lowest BCUT2D eigenvalue weighted by molar-refractivity contribution is 0.0951. The Morgan fingerprint density at radius 2 is 1.68 bits per heavy atom. The van der Waals surface area contributed by atoms with Crippen molar-refractivity contribution in [2.24, 2.45) is 0 Å². The van der Waals surface area contributed by atoms with Crippen LogP contribution >= 0.6 is 11.8 Å². The van der Waals surface area contributed by atoms with Crippen molar-refractivity contribution in [2.75, 3.05) is 17.6 Å². The van der Waals surface area contributed by atoms with Crippen LogP contribution in [0.4, 0.5) is 5.69 Å². The Labute approximate surface area is 203 Å². The predicted octanol–water partition coefficient (Wildman–Crippen LogP) is 4.35. The van der Waals surface area contributed by atoms with Crippen molar-refractivity contribution in [1.29, 1.82) is 0 Å². The number of sulfonamides is 1. The van der Waals surface area contributed by atoms with Gasteiger partial charge in [-0.15, -0.1) is 11.8 Å². The molecule has 0 saturated carbocycles. The highest BCUT2D eigenvalue weighted by Crippen LogP contribution is 2.24. The summed E-state index contributed by atoms with van der Waals surface area (Å²) in [5.41, 5.74) is 2.88. The third-order valence-corrected chi connectivity index (χ3v) is 7.95. The average Bonchev–Trinajstić information content (AvgIpc) is 3.42. The second kappa shape index (κ2) is 10.1. The molecule has 3 aromatic carbocycles. The number of imidazole rings is 1. The summed E-state index contributed by atoms with van der Waals surface area (Å²) in [6, 6.07) is 21.1. The number of nitrogens with one attached hydrogen (secondary N) is 1. The number of carbonyl (C=O) groups excluding carboxylic acids is 1. The third kappa shape index (κ3) is 5.16. The Bertz CT molecular complexity index is 1350. The van der Waals surface area contributed by atoms with Gasteiger partial charge in [-0.25, -0.2) is 13.4 Å². The molecule has 0 aliphatic carbocycles. The van der Waals surface area contributed by atoms with Gasteiger partial charge in [0.25, 0.3) is 15.9 Å². The number of amides is 1. The van der Waals surface area contributed by atoms with E-state index in [0.717, 1.165) is 16.1 Å². The molecule has 0 aliphatic heterocycles. The minimum atomic E-state index is -3.70. The van der Waals surface area contributed by atoms with Crippen LogP contribution in [-0.2, 0) is 16.6 Å². The maximum atomic E-state index is 12.9. The van der Waals surface area contributed by atoms with E-state index < -0.39 is 10.0 Å². The standard InChI is InChI=1S/C25H24N4O3S2/c1-28(34(31,32)24-13-11-23(33-2)12-14-24)21-9-5-20(6-10-21)25(30)27-17-19-3-7-22(8-4-19)29-16-15-26-18-29/h3-16,18H,17H2,1-2H3,(H,27,30). The lowest BCUT2D eigenvalue weighted by atomic mass is 10.1. The number of nitrogens with zero attached hydrogens (tertiary/aromatic N) is 3. The number of anilines is 1. The molecule has 1 N–H and O–H groups in total. The van der Waals surface area contributed by atoms with Gasteiger partial charge >= 0.3 is 0 Å². The van der Waals surface area contributed by atoms with E-state index in [2.05, 4.69) is 10.3 Å². The summed E-state index contributed by atoms with van der Waals surface area (Å²) in [5.74, 6) is -0.233. The summed E-state index contributed by atoms with van der Waals surface area (Å²) in [5, 5.41) is 2.89. The Kier molecular flexibility index (Phi) is 7.04. The Morgan fingerprint density at radius 3 is 2.26 bits per heavy atom. The molecule has 0 spiro atoms. The predicted molar refractivity (Wildman–Crippen MR) is 135 cm³/mol. The molecule has 1 aromatic heterocycles. The molecule has 0 fully saturated rings. The van der Waals surface area contributed by atoms with Crippen molar-refractivity contribution in [3.63, 3.8) is 0 Å². The number of benzene rings is 3. The van der Waals surface area contributed by atoms with E-state index in [0.29, 0.717) is 17.8 Å². The van der Waals surface area contributed by atoms with Crippen LogP contribution in [0.25, 0.3) is 5.69 Å². The van der Waals surface area contributed by atoms with E-state index in [1.165, 1.54) is 11.4 Å². The van der Waals surface area contributed by atoms with Gasteiger partial charge in [0.2, 0.25) is 0 Å². The van der Waals surface area contributed by atoms with E-state index in [1.807, 2.05) is 41.3 Å². The van der Waals surface area contributed by atoms with Gasteiger partial charge in [-0.05, 0) is 72.5 Å². The fraction of sp³-hybridized carbons (Fsp3) is 0.120. The number of rotatable bonds is 8. The van der Waals surface area contributed by atoms with Crippen molar-refractivity contribution in [2.45, 2.75) is 16.3 Å². The second-order valence-corrected chi connectivity index (χ2v) is 10.4. The minimum absolute atomic E-state index is 0.216. The molecule has 1 heterocycles. The molecule has 34 heavy (non-hydrogen) atoms. The molecule has 0 aliphatic rings. The van der Waals surface area contributed by atoms with Crippen molar-refractivity contribution >= 4 is 33.4 Å². The molecule has 0 radical (unpaired) electrons. The number of thioether (sulfide) groups is 1. The van der Waals surface area contributed by atoms with Crippen molar-refractivity contribution < 1.29 is 13.2 Å². The zero-order valence-electron chi connectivity index (χ0n) is 18.8. The highest BCUT2D eigenvalue weighted by atomic mass is 32.2. The normalized spacial score (nSPS) is 11.2. The highest BCUT2D eigenvalue weighted by molar-refractivity contribution is 7.98. The topological polar surface area (TPSA) is 84.3 Å². The molecule has 4 aromatic rings. The van der Waals surface area contributed by atoms with E-state index in [-0.39, 0.29) is 10.8 Å². The Hall–Kier alpha value is -3.56. The van der Waals surface area contributed by atoms with Gasteiger partial charge in [-0.2, -0.15) is 0 Å². The fourth-order valence-corrected chi connectivity index (χ4v) is 4.95. The summed E-state index contributed by atoms with van der Waals surface area (Å²) < 4.78 is 29.0. The summed E-state index contributed by atoms with van der Waals surface area (Å²) in [7, 11) is -2.20. The third-order valence-electron chi connectivity index (χ3n) is 5.40. The molecule has 0 bridgehead atoms. The molecule has 4 rings (SSSR count). The number of hydrogen-bond donors (Lipinski definition) is 1. The van der Waals surface area contributed by atoms with Gasteiger partial charge in [0.05, 0.1) is 16.9 Å². The molecule has 174 valence electrons. The minimum Gasteiger partial charge on any atom is -0.348 e. The van der Waals surface area contributed by atoms with Crippen LogP contribution in [0.15, 0.2) is 101 Å². The summed E-state index contributed by atoms with van der Waals surface area (Å²) in [6.45, 7) is 0.380. The van der Waals surface area contributed by atoms with Gasteiger partial charge < -0.3 is 9.88 Å². The van der Waals surface area contributed by atoms with Crippen LogP contribution in [0.1, 0.15) is 15.9 Å². The zero-order chi connectivity index (χ0) is 24.1. The van der Waals surface area contributed by atoms with E-state index in [1.54, 1.807) is 72.8 Å². The van der Waals surface area contributed by atoms with Gasteiger partial charge in [0.1, 0.15) is 0 Å². The SMILES string of the molecule is CSc1ccc(S(=O)(=O)N(C)c2ccc(C(=O)NCc3ccc(-n4ccnc4)cc3)cc2)cc1. The van der Waals surface area contributed by atoms with Crippen LogP contribution in [0, 0.1) is 0 Å². The maximum absolute atomic E-state index is 12.9. The first-order valence-corrected chi connectivity index (χ1v) is 13.1. The average molecular weight is 493 g/mol. The Balaban J connectivity index is 1.39. The molecule has 7 nitrogen and oxygen atoms in total. The largest absolute Gasteiger partial charge is 0.348 e. The quantitative estimate of drug-likeness (QED) is 0.370. The summed E-state index contributed by atoms with van der Waals surface area (Å²) in [6.07, 6.45) is 7.25. The van der Waals surface area contributed by atoms with Gasteiger partial charge in [-0.3, -0.25) is 9.10 Å². The lowest BCUT2D eigenvalue weighted by Crippen LogP contribution is -2.27. The van der Waals surface area contributed by atoms with Crippen LogP contribution in [0.2, 0.25) is 0 Å². The van der Waals surface area contributed by atoms with Gasteiger partial charge in [0.15, 0.2) is 0 Å².